The van der Waals surface area contributed by atoms with Gasteiger partial charge in [0.05, 0.1) is 12.2 Å². The molecule has 1 atom stereocenters. The van der Waals surface area contributed by atoms with Gasteiger partial charge >= 0.3 is 0 Å². The zero-order valence-corrected chi connectivity index (χ0v) is 15.7. The van der Waals surface area contributed by atoms with E-state index in [1.807, 2.05) is 16.9 Å². The van der Waals surface area contributed by atoms with E-state index in [4.69, 9.17) is 9.52 Å². The predicted octanol–water partition coefficient (Wildman–Crippen LogP) is 2.39. The van der Waals surface area contributed by atoms with Gasteiger partial charge in [0, 0.05) is 44.0 Å². The maximum Gasteiger partial charge on any atom is 0.191 e. The summed E-state index contributed by atoms with van der Waals surface area (Å²) in [4.78, 5) is 4.71. The third-order valence-corrected chi connectivity index (χ3v) is 4.02. The van der Waals surface area contributed by atoms with Crippen LogP contribution in [-0.2, 0) is 25.9 Å². The van der Waals surface area contributed by atoms with E-state index in [0.717, 1.165) is 55.5 Å². The largest absolute Gasteiger partial charge is 0.361 e. The molecular weight excluding hydrogens is 316 g/mol. The Morgan fingerprint density at radius 1 is 1.28 bits per heavy atom. The summed E-state index contributed by atoms with van der Waals surface area (Å²) < 4.78 is 7.37. The molecule has 2 heterocycles. The van der Waals surface area contributed by atoms with Crippen LogP contribution < -0.4 is 10.6 Å². The fourth-order valence-corrected chi connectivity index (χ4v) is 2.68. The molecule has 0 spiro atoms. The van der Waals surface area contributed by atoms with Gasteiger partial charge in [-0.2, -0.15) is 5.10 Å². The summed E-state index contributed by atoms with van der Waals surface area (Å²) in [6.07, 6.45) is 5.49. The van der Waals surface area contributed by atoms with E-state index in [0.29, 0.717) is 12.5 Å². The SMILES string of the molecule is CCNC(=NCc1c(CC)noc1CC)NCC(C)Cn1cccn1. The molecule has 0 radical (unpaired) electrons. The maximum atomic E-state index is 5.42. The summed E-state index contributed by atoms with van der Waals surface area (Å²) in [6, 6.07) is 1.95. The van der Waals surface area contributed by atoms with Crippen LogP contribution in [0.5, 0.6) is 0 Å². The highest BCUT2D eigenvalue weighted by Gasteiger charge is 2.13. The van der Waals surface area contributed by atoms with E-state index >= 15 is 0 Å². The predicted molar refractivity (Wildman–Crippen MR) is 99.5 cm³/mol. The molecule has 138 valence electrons. The van der Waals surface area contributed by atoms with Crippen molar-refractivity contribution in [2.45, 2.75) is 53.6 Å². The van der Waals surface area contributed by atoms with Crippen molar-refractivity contribution < 1.29 is 4.52 Å². The first-order chi connectivity index (χ1) is 12.2. The third-order valence-electron chi connectivity index (χ3n) is 4.02. The van der Waals surface area contributed by atoms with Gasteiger partial charge in [-0.15, -0.1) is 0 Å². The molecule has 2 aromatic heterocycles. The van der Waals surface area contributed by atoms with Crippen molar-refractivity contribution in [1.82, 2.24) is 25.6 Å². The van der Waals surface area contributed by atoms with Crippen LogP contribution in [0.3, 0.4) is 0 Å². The van der Waals surface area contributed by atoms with Crippen molar-refractivity contribution in [3.8, 4) is 0 Å². The highest BCUT2D eigenvalue weighted by molar-refractivity contribution is 5.79. The quantitative estimate of drug-likeness (QED) is 0.538. The average Bonchev–Trinajstić information content (AvgIpc) is 3.26. The van der Waals surface area contributed by atoms with E-state index in [1.54, 1.807) is 6.20 Å². The van der Waals surface area contributed by atoms with Crippen LogP contribution in [0.25, 0.3) is 0 Å². The fourth-order valence-electron chi connectivity index (χ4n) is 2.68. The van der Waals surface area contributed by atoms with Gasteiger partial charge in [0.25, 0.3) is 0 Å². The van der Waals surface area contributed by atoms with Crippen LogP contribution in [0.1, 0.15) is 44.7 Å². The Labute approximate surface area is 149 Å². The topological polar surface area (TPSA) is 80.3 Å². The molecule has 0 amide bonds. The molecule has 0 aliphatic rings. The first-order valence-electron chi connectivity index (χ1n) is 9.13. The van der Waals surface area contributed by atoms with E-state index in [9.17, 15) is 0 Å². The third kappa shape index (κ3) is 5.62. The van der Waals surface area contributed by atoms with Crippen molar-refractivity contribution >= 4 is 5.96 Å². The van der Waals surface area contributed by atoms with Crippen LogP contribution in [0, 0.1) is 5.92 Å². The molecule has 7 nitrogen and oxygen atoms in total. The van der Waals surface area contributed by atoms with E-state index in [2.05, 4.69) is 48.6 Å². The molecule has 7 heteroatoms. The van der Waals surface area contributed by atoms with E-state index in [1.165, 1.54) is 0 Å². The number of nitrogens with zero attached hydrogens (tertiary/aromatic N) is 4. The summed E-state index contributed by atoms with van der Waals surface area (Å²) in [5.41, 5.74) is 2.12. The number of aryl methyl sites for hydroxylation is 2. The lowest BCUT2D eigenvalue weighted by atomic mass is 10.1. The monoisotopic (exact) mass is 346 g/mol. The van der Waals surface area contributed by atoms with E-state index < -0.39 is 0 Å². The first kappa shape index (κ1) is 19.0. The van der Waals surface area contributed by atoms with Gasteiger partial charge in [-0.3, -0.25) is 4.68 Å². The minimum Gasteiger partial charge on any atom is -0.361 e. The van der Waals surface area contributed by atoms with Crippen LogP contribution in [0.4, 0.5) is 0 Å². The van der Waals surface area contributed by atoms with Gasteiger partial charge < -0.3 is 15.2 Å². The van der Waals surface area contributed by atoms with E-state index in [-0.39, 0.29) is 0 Å². The molecule has 1 unspecified atom stereocenters. The molecule has 0 saturated heterocycles. The van der Waals surface area contributed by atoms with Crippen molar-refractivity contribution in [2.24, 2.45) is 10.9 Å². The van der Waals surface area contributed by atoms with Gasteiger partial charge in [0.2, 0.25) is 0 Å². The number of nitrogens with one attached hydrogen (secondary N) is 2. The van der Waals surface area contributed by atoms with Crippen LogP contribution >= 0.6 is 0 Å². The molecule has 2 aromatic rings. The molecule has 0 saturated carbocycles. The second kappa shape index (κ2) is 9.86. The first-order valence-corrected chi connectivity index (χ1v) is 9.13. The fraction of sp³-hybridized carbons (Fsp3) is 0.611. The van der Waals surface area contributed by atoms with Crippen molar-refractivity contribution in [3.05, 3.63) is 35.5 Å². The highest BCUT2D eigenvalue weighted by Crippen LogP contribution is 2.16. The summed E-state index contributed by atoms with van der Waals surface area (Å²) in [5, 5.41) is 15.1. The number of aliphatic imine (C=N–C) groups is 1. The Bertz CT molecular complexity index is 625. The average molecular weight is 346 g/mol. The zero-order chi connectivity index (χ0) is 18.1. The Kier molecular flexibility index (Phi) is 7.50. The normalized spacial score (nSPS) is 13.0. The summed E-state index contributed by atoms with van der Waals surface area (Å²) >= 11 is 0. The number of aromatic nitrogens is 3. The second-order valence-electron chi connectivity index (χ2n) is 6.15. The van der Waals surface area contributed by atoms with Crippen molar-refractivity contribution in [3.63, 3.8) is 0 Å². The molecule has 0 aliphatic carbocycles. The molecule has 0 bridgehead atoms. The maximum absolute atomic E-state index is 5.42. The van der Waals surface area contributed by atoms with Gasteiger partial charge in [0.1, 0.15) is 5.76 Å². The lowest BCUT2D eigenvalue weighted by Crippen LogP contribution is -2.40. The molecule has 2 N–H and O–H groups in total. The van der Waals surface area contributed by atoms with Crippen LogP contribution in [0.2, 0.25) is 0 Å². The van der Waals surface area contributed by atoms with Gasteiger partial charge in [-0.1, -0.05) is 25.9 Å². The highest BCUT2D eigenvalue weighted by atomic mass is 16.5. The number of hydrogen-bond donors (Lipinski definition) is 2. The summed E-state index contributed by atoms with van der Waals surface area (Å²) in [7, 11) is 0. The molecule has 0 aromatic carbocycles. The molecule has 0 fully saturated rings. The number of hydrogen-bond acceptors (Lipinski definition) is 4. The van der Waals surface area contributed by atoms with Gasteiger partial charge in [0.15, 0.2) is 5.96 Å². The standard InChI is InChI=1S/C18H30N6O/c1-5-16-15(17(6-2)25-23-16)12-21-18(19-7-3)20-11-14(4)13-24-10-8-9-22-24/h8-10,14H,5-7,11-13H2,1-4H3,(H2,19,20,21). The van der Waals surface area contributed by atoms with Crippen molar-refractivity contribution in [2.75, 3.05) is 13.1 Å². The zero-order valence-electron chi connectivity index (χ0n) is 15.7. The Balaban J connectivity index is 1.95. The Morgan fingerprint density at radius 2 is 2.12 bits per heavy atom. The summed E-state index contributed by atoms with van der Waals surface area (Å²) in [6.45, 7) is 11.5. The minimum atomic E-state index is 0.441. The molecule has 25 heavy (non-hydrogen) atoms. The Hall–Kier alpha value is -2.31. The molecule has 0 aliphatic heterocycles. The number of rotatable bonds is 9. The van der Waals surface area contributed by atoms with Crippen LogP contribution in [0.15, 0.2) is 28.0 Å². The van der Waals surface area contributed by atoms with Gasteiger partial charge in [-0.25, -0.2) is 4.99 Å². The smallest absolute Gasteiger partial charge is 0.191 e. The van der Waals surface area contributed by atoms with Crippen LogP contribution in [-0.4, -0.2) is 34.0 Å². The summed E-state index contributed by atoms with van der Waals surface area (Å²) in [5.74, 6) is 2.19. The molecular formula is C18H30N6O. The lowest BCUT2D eigenvalue weighted by Gasteiger charge is -2.16. The van der Waals surface area contributed by atoms with Crippen molar-refractivity contribution in [1.29, 1.82) is 0 Å². The minimum absolute atomic E-state index is 0.441. The van der Waals surface area contributed by atoms with Gasteiger partial charge in [-0.05, 0) is 25.3 Å². The Morgan fingerprint density at radius 3 is 2.76 bits per heavy atom. The number of guanidine groups is 1. The molecule has 2 rings (SSSR count). The lowest BCUT2D eigenvalue weighted by molar-refractivity contribution is 0.380. The second-order valence-corrected chi connectivity index (χ2v) is 6.15.